The van der Waals surface area contributed by atoms with Crippen LogP contribution in [0.5, 0.6) is 0 Å². The van der Waals surface area contributed by atoms with Crippen LogP contribution in [0.3, 0.4) is 0 Å². The fraction of sp³-hybridized carbons (Fsp3) is 0.357. The SMILES string of the molecule is CCCn1c(SCC(=O)c2cccc(C)c2)n[nH]c1=O. The molecule has 0 aliphatic rings. The van der Waals surface area contributed by atoms with Gasteiger partial charge in [-0.3, -0.25) is 9.36 Å². The van der Waals surface area contributed by atoms with Gasteiger partial charge in [-0.1, -0.05) is 42.4 Å². The lowest BCUT2D eigenvalue weighted by atomic mass is 10.1. The second-order valence-corrected chi connectivity index (χ2v) is 5.49. The summed E-state index contributed by atoms with van der Waals surface area (Å²) in [6.07, 6.45) is 0.846. The number of rotatable bonds is 6. The second kappa shape index (κ2) is 6.56. The molecule has 0 amide bonds. The number of thioether (sulfide) groups is 1. The van der Waals surface area contributed by atoms with Gasteiger partial charge in [0.15, 0.2) is 10.9 Å². The number of carbonyl (C=O) groups excluding carboxylic acids is 1. The fourth-order valence-electron chi connectivity index (χ4n) is 1.87. The van der Waals surface area contributed by atoms with Gasteiger partial charge in [-0.15, -0.1) is 5.10 Å². The van der Waals surface area contributed by atoms with E-state index in [1.54, 1.807) is 10.6 Å². The van der Waals surface area contributed by atoms with Crippen molar-refractivity contribution in [2.24, 2.45) is 0 Å². The molecule has 0 fully saturated rings. The summed E-state index contributed by atoms with van der Waals surface area (Å²) in [5.74, 6) is 0.314. The molecular formula is C14H17N3O2S. The van der Waals surface area contributed by atoms with Crippen LogP contribution in [-0.4, -0.2) is 26.3 Å². The Balaban J connectivity index is 2.05. The number of nitrogens with zero attached hydrogens (tertiary/aromatic N) is 2. The molecule has 1 heterocycles. The highest BCUT2D eigenvalue weighted by Crippen LogP contribution is 2.16. The number of H-pyrrole nitrogens is 1. The molecule has 106 valence electrons. The zero-order valence-corrected chi connectivity index (χ0v) is 12.4. The standard InChI is InChI=1S/C14H17N3O2S/c1-3-7-17-13(19)15-16-14(17)20-9-12(18)11-6-4-5-10(2)8-11/h4-6,8H,3,7,9H2,1-2H3,(H,15,19). The third-order valence-electron chi connectivity index (χ3n) is 2.84. The van der Waals surface area contributed by atoms with Gasteiger partial charge in [-0.25, -0.2) is 9.89 Å². The van der Waals surface area contributed by atoms with Crippen molar-refractivity contribution < 1.29 is 4.79 Å². The van der Waals surface area contributed by atoms with Gasteiger partial charge in [0, 0.05) is 12.1 Å². The summed E-state index contributed by atoms with van der Waals surface area (Å²) in [5, 5.41) is 6.94. The molecule has 0 aliphatic carbocycles. The number of aryl methyl sites for hydroxylation is 1. The molecular weight excluding hydrogens is 274 g/mol. The van der Waals surface area contributed by atoms with Crippen molar-refractivity contribution in [3.8, 4) is 0 Å². The fourth-order valence-corrected chi connectivity index (χ4v) is 2.73. The van der Waals surface area contributed by atoms with E-state index in [9.17, 15) is 9.59 Å². The van der Waals surface area contributed by atoms with Crippen LogP contribution in [0.4, 0.5) is 0 Å². The van der Waals surface area contributed by atoms with Crippen molar-refractivity contribution in [1.29, 1.82) is 0 Å². The average molecular weight is 291 g/mol. The maximum atomic E-state index is 12.1. The molecule has 0 unspecified atom stereocenters. The van der Waals surface area contributed by atoms with Gasteiger partial charge in [0.05, 0.1) is 5.75 Å². The number of aromatic nitrogens is 3. The topological polar surface area (TPSA) is 67.8 Å². The van der Waals surface area contributed by atoms with E-state index < -0.39 is 0 Å². The average Bonchev–Trinajstić information content (AvgIpc) is 2.78. The highest BCUT2D eigenvalue weighted by Gasteiger charge is 2.12. The lowest BCUT2D eigenvalue weighted by molar-refractivity contribution is 0.102. The predicted octanol–water partition coefficient (Wildman–Crippen LogP) is 2.26. The minimum atomic E-state index is -0.225. The highest BCUT2D eigenvalue weighted by molar-refractivity contribution is 7.99. The Morgan fingerprint density at radius 3 is 2.95 bits per heavy atom. The number of Topliss-reactive ketones (excluding diaryl/α,β-unsaturated/α-hetero) is 1. The van der Waals surface area contributed by atoms with Crippen molar-refractivity contribution in [1.82, 2.24) is 14.8 Å². The summed E-state index contributed by atoms with van der Waals surface area (Å²) in [7, 11) is 0. The molecule has 1 aromatic heterocycles. The van der Waals surface area contributed by atoms with Gasteiger partial charge in [0.1, 0.15) is 0 Å². The van der Waals surface area contributed by atoms with Crippen LogP contribution in [0.1, 0.15) is 29.3 Å². The van der Waals surface area contributed by atoms with Crippen molar-refractivity contribution >= 4 is 17.5 Å². The lowest BCUT2D eigenvalue weighted by Crippen LogP contribution is -2.17. The minimum Gasteiger partial charge on any atom is -0.293 e. The molecule has 0 saturated heterocycles. The van der Waals surface area contributed by atoms with Crippen LogP contribution >= 0.6 is 11.8 Å². The monoisotopic (exact) mass is 291 g/mol. The van der Waals surface area contributed by atoms with Crippen LogP contribution in [0.15, 0.2) is 34.2 Å². The molecule has 20 heavy (non-hydrogen) atoms. The Morgan fingerprint density at radius 2 is 2.25 bits per heavy atom. The third kappa shape index (κ3) is 3.39. The van der Waals surface area contributed by atoms with Gasteiger partial charge in [0.2, 0.25) is 0 Å². The molecule has 2 aromatic rings. The van der Waals surface area contributed by atoms with E-state index in [2.05, 4.69) is 10.2 Å². The molecule has 0 spiro atoms. The first-order valence-corrected chi connectivity index (χ1v) is 7.48. The van der Waals surface area contributed by atoms with E-state index in [-0.39, 0.29) is 17.2 Å². The predicted molar refractivity (Wildman–Crippen MR) is 79.4 cm³/mol. The molecule has 0 saturated carbocycles. The number of carbonyl (C=O) groups is 1. The summed E-state index contributed by atoms with van der Waals surface area (Å²) >= 11 is 1.29. The van der Waals surface area contributed by atoms with Gasteiger partial charge in [-0.2, -0.15) is 0 Å². The summed E-state index contributed by atoms with van der Waals surface area (Å²) in [6, 6.07) is 7.50. The largest absolute Gasteiger partial charge is 0.343 e. The number of hydrogen-bond donors (Lipinski definition) is 1. The van der Waals surface area contributed by atoms with Crippen molar-refractivity contribution in [3.63, 3.8) is 0 Å². The molecule has 2 rings (SSSR count). The van der Waals surface area contributed by atoms with Gasteiger partial charge in [-0.05, 0) is 19.4 Å². The van der Waals surface area contributed by atoms with Gasteiger partial charge in [0.25, 0.3) is 0 Å². The molecule has 1 aromatic carbocycles. The Bertz CT molecular complexity index is 660. The van der Waals surface area contributed by atoms with Crippen LogP contribution in [0.25, 0.3) is 0 Å². The minimum absolute atomic E-state index is 0.0391. The Morgan fingerprint density at radius 1 is 1.45 bits per heavy atom. The molecule has 0 bridgehead atoms. The van der Waals surface area contributed by atoms with Gasteiger partial charge < -0.3 is 0 Å². The molecule has 0 radical (unpaired) electrons. The van der Waals surface area contributed by atoms with Crippen molar-refractivity contribution in [3.05, 3.63) is 45.9 Å². The summed E-state index contributed by atoms with van der Waals surface area (Å²) in [5.41, 5.74) is 1.53. The van der Waals surface area contributed by atoms with Crippen LogP contribution in [0.2, 0.25) is 0 Å². The van der Waals surface area contributed by atoms with E-state index >= 15 is 0 Å². The number of nitrogens with one attached hydrogen (secondary N) is 1. The number of hydrogen-bond acceptors (Lipinski definition) is 4. The van der Waals surface area contributed by atoms with Crippen LogP contribution in [0, 0.1) is 6.92 Å². The van der Waals surface area contributed by atoms with Crippen molar-refractivity contribution in [2.45, 2.75) is 32.0 Å². The van der Waals surface area contributed by atoms with Crippen LogP contribution < -0.4 is 5.69 Å². The van der Waals surface area contributed by atoms with E-state index in [1.807, 2.05) is 32.0 Å². The number of ketones is 1. The first-order chi connectivity index (χ1) is 9.61. The zero-order chi connectivity index (χ0) is 14.5. The smallest absolute Gasteiger partial charge is 0.293 e. The molecule has 1 N–H and O–H groups in total. The Labute approximate surface area is 121 Å². The van der Waals surface area contributed by atoms with E-state index in [0.29, 0.717) is 17.3 Å². The molecule has 6 heteroatoms. The van der Waals surface area contributed by atoms with Crippen molar-refractivity contribution in [2.75, 3.05) is 5.75 Å². The molecule has 0 atom stereocenters. The Kier molecular flexibility index (Phi) is 4.79. The third-order valence-corrected chi connectivity index (χ3v) is 3.82. The Hall–Kier alpha value is -1.82. The molecule has 0 aliphatic heterocycles. The highest BCUT2D eigenvalue weighted by atomic mass is 32.2. The first-order valence-electron chi connectivity index (χ1n) is 6.49. The van der Waals surface area contributed by atoms with Gasteiger partial charge >= 0.3 is 5.69 Å². The van der Waals surface area contributed by atoms with E-state index in [0.717, 1.165) is 12.0 Å². The summed E-state index contributed by atoms with van der Waals surface area (Å²) in [4.78, 5) is 23.6. The lowest BCUT2D eigenvalue weighted by Gasteiger charge is -2.04. The quantitative estimate of drug-likeness (QED) is 0.655. The summed E-state index contributed by atoms with van der Waals surface area (Å²) in [6.45, 7) is 4.55. The van der Waals surface area contributed by atoms with E-state index in [1.165, 1.54) is 11.8 Å². The maximum absolute atomic E-state index is 12.1. The molecule has 5 nitrogen and oxygen atoms in total. The van der Waals surface area contributed by atoms with Crippen LogP contribution in [-0.2, 0) is 6.54 Å². The number of aromatic amines is 1. The maximum Gasteiger partial charge on any atom is 0.343 e. The second-order valence-electron chi connectivity index (χ2n) is 4.54. The zero-order valence-electron chi connectivity index (χ0n) is 11.5. The van der Waals surface area contributed by atoms with E-state index in [4.69, 9.17) is 0 Å². The number of benzene rings is 1. The summed E-state index contributed by atoms with van der Waals surface area (Å²) < 4.78 is 1.56. The first kappa shape index (κ1) is 14.6. The normalized spacial score (nSPS) is 10.7.